The quantitative estimate of drug-likeness (QED) is 0.386. The third-order valence-corrected chi connectivity index (χ3v) is 7.14. The minimum Gasteiger partial charge on any atom is -0.454 e. The standard InChI is InChI=1S/C22H17N5O6S2/c28-20(25-15-2-4-16(5-3-15)35(30,31)26-22-23-7-8-34-22)11-27-12-24-17(10-21(27)29)14-1-6-18-19(9-14)33-13-32-18/h1-10,12H,11,13H2,(H,23,26)(H,25,28). The van der Waals surface area contributed by atoms with Gasteiger partial charge < -0.3 is 14.8 Å². The van der Waals surface area contributed by atoms with E-state index < -0.39 is 21.5 Å². The predicted molar refractivity (Wildman–Crippen MR) is 128 cm³/mol. The van der Waals surface area contributed by atoms with Crippen molar-refractivity contribution in [2.75, 3.05) is 16.8 Å². The Labute approximate surface area is 203 Å². The molecule has 0 aliphatic carbocycles. The number of nitrogens with zero attached hydrogens (tertiary/aromatic N) is 3. The molecule has 1 amide bonds. The van der Waals surface area contributed by atoms with Crippen molar-refractivity contribution in [1.82, 2.24) is 14.5 Å². The molecule has 0 atom stereocenters. The normalized spacial score (nSPS) is 12.3. The van der Waals surface area contributed by atoms with Crippen LogP contribution in [0, 0.1) is 0 Å². The van der Waals surface area contributed by atoms with Gasteiger partial charge in [-0.1, -0.05) is 0 Å². The van der Waals surface area contributed by atoms with Crippen LogP contribution in [0.2, 0.25) is 0 Å². The smallest absolute Gasteiger partial charge is 0.263 e. The van der Waals surface area contributed by atoms with Crippen LogP contribution in [0.15, 0.2) is 76.1 Å². The van der Waals surface area contributed by atoms with Gasteiger partial charge in [-0.05, 0) is 42.5 Å². The van der Waals surface area contributed by atoms with Crippen LogP contribution in [0.1, 0.15) is 0 Å². The number of benzene rings is 2. The molecule has 0 unspecified atom stereocenters. The van der Waals surface area contributed by atoms with Gasteiger partial charge in [-0.15, -0.1) is 11.3 Å². The van der Waals surface area contributed by atoms with Gasteiger partial charge >= 0.3 is 0 Å². The molecule has 4 aromatic rings. The molecular formula is C22H17N5O6S2. The van der Waals surface area contributed by atoms with Crippen molar-refractivity contribution < 1.29 is 22.7 Å². The number of ether oxygens (including phenoxy) is 2. The summed E-state index contributed by atoms with van der Waals surface area (Å²) < 4.78 is 39.0. The highest BCUT2D eigenvalue weighted by Gasteiger charge is 2.17. The Morgan fingerprint density at radius 3 is 2.60 bits per heavy atom. The van der Waals surface area contributed by atoms with E-state index in [2.05, 4.69) is 20.0 Å². The second-order valence-electron chi connectivity index (χ2n) is 7.32. The summed E-state index contributed by atoms with van der Waals surface area (Å²) in [5.41, 5.74) is 1.09. The van der Waals surface area contributed by atoms with Gasteiger partial charge in [-0.25, -0.2) is 18.4 Å². The Kier molecular flexibility index (Phi) is 5.93. The Hall–Kier alpha value is -4.23. The topological polar surface area (TPSA) is 142 Å². The first-order valence-electron chi connectivity index (χ1n) is 10.2. The van der Waals surface area contributed by atoms with Gasteiger partial charge in [0.2, 0.25) is 12.7 Å². The summed E-state index contributed by atoms with van der Waals surface area (Å²) in [6.07, 6.45) is 2.79. The minimum atomic E-state index is -3.80. The number of nitrogens with one attached hydrogen (secondary N) is 2. The van der Waals surface area contributed by atoms with E-state index in [1.54, 1.807) is 23.6 Å². The van der Waals surface area contributed by atoms with Gasteiger partial charge in [0.15, 0.2) is 16.6 Å². The van der Waals surface area contributed by atoms with Gasteiger partial charge in [-0.3, -0.25) is 18.9 Å². The summed E-state index contributed by atoms with van der Waals surface area (Å²) in [7, 11) is -3.80. The van der Waals surface area contributed by atoms with Crippen LogP contribution in [0.4, 0.5) is 10.8 Å². The minimum absolute atomic E-state index is 0.0187. The van der Waals surface area contributed by atoms with E-state index in [-0.39, 0.29) is 23.4 Å². The average molecular weight is 512 g/mol. The summed E-state index contributed by atoms with van der Waals surface area (Å²) >= 11 is 1.16. The predicted octanol–water partition coefficient (Wildman–Crippen LogP) is 2.54. The van der Waals surface area contributed by atoms with Gasteiger partial charge in [0.05, 0.1) is 16.9 Å². The highest BCUT2D eigenvalue weighted by Crippen LogP contribution is 2.35. The van der Waals surface area contributed by atoms with Crippen molar-refractivity contribution in [1.29, 1.82) is 0 Å². The lowest BCUT2D eigenvalue weighted by atomic mass is 10.1. The maximum Gasteiger partial charge on any atom is 0.263 e. The number of sulfonamides is 1. The van der Waals surface area contributed by atoms with Crippen LogP contribution < -0.4 is 25.1 Å². The van der Waals surface area contributed by atoms with E-state index in [0.717, 1.165) is 11.3 Å². The van der Waals surface area contributed by atoms with Crippen LogP contribution >= 0.6 is 11.3 Å². The molecule has 0 fully saturated rings. The Morgan fingerprint density at radius 1 is 1.06 bits per heavy atom. The van der Waals surface area contributed by atoms with Gasteiger partial charge in [-0.2, -0.15) is 0 Å². The molecule has 0 bridgehead atoms. The number of anilines is 2. The summed E-state index contributed by atoms with van der Waals surface area (Å²) in [5, 5.41) is 4.54. The number of rotatable bonds is 7. The molecule has 13 heteroatoms. The molecule has 0 saturated heterocycles. The van der Waals surface area contributed by atoms with Crippen molar-refractivity contribution in [3.63, 3.8) is 0 Å². The molecule has 5 rings (SSSR count). The first-order chi connectivity index (χ1) is 16.9. The Balaban J connectivity index is 1.23. The van der Waals surface area contributed by atoms with Crippen molar-refractivity contribution in [2.24, 2.45) is 0 Å². The summed E-state index contributed by atoms with van der Waals surface area (Å²) in [4.78, 5) is 33.2. The van der Waals surface area contributed by atoms with Crippen molar-refractivity contribution >= 4 is 38.1 Å². The van der Waals surface area contributed by atoms with Crippen molar-refractivity contribution in [2.45, 2.75) is 11.4 Å². The fourth-order valence-corrected chi connectivity index (χ4v) is 5.07. The zero-order valence-electron chi connectivity index (χ0n) is 17.9. The monoisotopic (exact) mass is 511 g/mol. The molecule has 0 saturated carbocycles. The molecule has 1 aliphatic heterocycles. The first kappa shape index (κ1) is 22.6. The second kappa shape index (κ2) is 9.19. The zero-order valence-corrected chi connectivity index (χ0v) is 19.5. The molecule has 3 heterocycles. The zero-order chi connectivity index (χ0) is 24.4. The SMILES string of the molecule is O=C(Cn1cnc(-c2ccc3c(c2)OCO3)cc1=O)Nc1ccc(S(=O)(=O)Nc2nccs2)cc1. The molecule has 178 valence electrons. The maximum atomic E-state index is 12.5. The fraction of sp³-hybridized carbons (Fsp3) is 0.0909. The summed E-state index contributed by atoms with van der Waals surface area (Å²) in [5.74, 6) is 0.729. The van der Waals surface area contributed by atoms with Gasteiger partial charge in [0.1, 0.15) is 6.54 Å². The van der Waals surface area contributed by atoms with E-state index in [9.17, 15) is 18.0 Å². The van der Waals surface area contributed by atoms with Crippen LogP contribution in [0.5, 0.6) is 11.5 Å². The van der Waals surface area contributed by atoms with Crippen LogP contribution in [0.25, 0.3) is 11.3 Å². The molecule has 2 aromatic carbocycles. The Morgan fingerprint density at radius 2 is 1.86 bits per heavy atom. The lowest BCUT2D eigenvalue weighted by molar-refractivity contribution is -0.116. The molecule has 2 N–H and O–H groups in total. The number of thiazole rings is 1. The number of carbonyl (C=O) groups is 1. The number of fused-ring (bicyclic) bond motifs is 1. The third-order valence-electron chi connectivity index (χ3n) is 4.96. The second-order valence-corrected chi connectivity index (χ2v) is 9.90. The van der Waals surface area contributed by atoms with Crippen LogP contribution in [0.3, 0.4) is 0 Å². The maximum absolute atomic E-state index is 12.5. The molecular weight excluding hydrogens is 494 g/mol. The Bertz CT molecular complexity index is 1550. The van der Waals surface area contributed by atoms with Crippen LogP contribution in [-0.4, -0.2) is 35.7 Å². The largest absolute Gasteiger partial charge is 0.454 e. The van der Waals surface area contributed by atoms with Crippen molar-refractivity contribution in [3.8, 4) is 22.8 Å². The van der Waals surface area contributed by atoms with Crippen molar-refractivity contribution in [3.05, 3.63) is 76.8 Å². The third kappa shape index (κ3) is 5.00. The number of hydrogen-bond donors (Lipinski definition) is 2. The molecule has 0 radical (unpaired) electrons. The number of hydrogen-bond acceptors (Lipinski definition) is 9. The number of amides is 1. The number of carbonyl (C=O) groups excluding carboxylic acids is 1. The molecule has 2 aromatic heterocycles. The first-order valence-corrected chi connectivity index (χ1v) is 12.5. The highest BCUT2D eigenvalue weighted by molar-refractivity contribution is 7.93. The van der Waals surface area contributed by atoms with E-state index in [0.29, 0.717) is 28.4 Å². The number of aromatic nitrogens is 3. The molecule has 1 aliphatic rings. The molecule has 11 nitrogen and oxygen atoms in total. The molecule has 35 heavy (non-hydrogen) atoms. The van der Waals surface area contributed by atoms with Crippen LogP contribution in [-0.2, 0) is 21.4 Å². The van der Waals surface area contributed by atoms with Gasteiger partial charge in [0.25, 0.3) is 15.6 Å². The van der Waals surface area contributed by atoms with E-state index in [4.69, 9.17) is 9.47 Å². The van der Waals surface area contributed by atoms with Gasteiger partial charge in [0, 0.05) is 28.9 Å². The van der Waals surface area contributed by atoms with E-state index >= 15 is 0 Å². The summed E-state index contributed by atoms with van der Waals surface area (Å²) in [6.45, 7) is -0.121. The highest BCUT2D eigenvalue weighted by atomic mass is 32.2. The fourth-order valence-electron chi connectivity index (χ4n) is 3.28. The van der Waals surface area contributed by atoms with E-state index in [1.807, 2.05) is 0 Å². The summed E-state index contributed by atoms with van der Waals surface area (Å²) in [6, 6.07) is 12.2. The lowest BCUT2D eigenvalue weighted by Gasteiger charge is -2.09. The lowest BCUT2D eigenvalue weighted by Crippen LogP contribution is -2.27. The average Bonchev–Trinajstić information content (AvgIpc) is 3.52. The van der Waals surface area contributed by atoms with E-state index in [1.165, 1.54) is 47.4 Å². The molecule has 0 spiro atoms.